The van der Waals surface area contributed by atoms with Crippen LogP contribution in [0.3, 0.4) is 0 Å². The maximum Gasteiger partial charge on any atom is 0.253 e. The van der Waals surface area contributed by atoms with Gasteiger partial charge in [0, 0.05) is 17.4 Å². The van der Waals surface area contributed by atoms with E-state index in [1.807, 2.05) is 0 Å². The fourth-order valence-corrected chi connectivity index (χ4v) is 1.51. The molecular formula is C12H10ClN3O. The Hall–Kier alpha value is -1.94. The normalized spacial score (nSPS) is 10.2. The summed E-state index contributed by atoms with van der Waals surface area (Å²) >= 11 is 5.59. The van der Waals surface area contributed by atoms with Crippen molar-refractivity contribution in [1.29, 1.82) is 0 Å². The second-order valence-electron chi connectivity index (χ2n) is 3.43. The summed E-state index contributed by atoms with van der Waals surface area (Å²) in [5.74, 6) is -0.238. The summed E-state index contributed by atoms with van der Waals surface area (Å²) in [7, 11) is 0. The van der Waals surface area contributed by atoms with Crippen LogP contribution in [0.4, 0.5) is 0 Å². The molecule has 0 radical (unpaired) electrons. The lowest BCUT2D eigenvalue weighted by Crippen LogP contribution is -2.24. The minimum Gasteiger partial charge on any atom is -0.347 e. The van der Waals surface area contributed by atoms with Gasteiger partial charge in [-0.25, -0.2) is 0 Å². The molecule has 1 N–H and O–H groups in total. The van der Waals surface area contributed by atoms with Gasteiger partial charge in [0.15, 0.2) is 0 Å². The largest absolute Gasteiger partial charge is 0.347 e. The predicted molar refractivity (Wildman–Crippen MR) is 66.9 cm³/mol. The van der Waals surface area contributed by atoms with Crippen molar-refractivity contribution in [2.45, 2.75) is 0 Å². The minimum absolute atomic E-state index is 0.233. The monoisotopic (exact) mass is 247 g/mol. The molecule has 17 heavy (non-hydrogen) atoms. The van der Waals surface area contributed by atoms with Gasteiger partial charge in [0.25, 0.3) is 5.91 Å². The van der Waals surface area contributed by atoms with Crippen LogP contribution in [0.2, 0.25) is 0 Å². The highest BCUT2D eigenvalue weighted by Gasteiger charge is 2.10. The van der Waals surface area contributed by atoms with Gasteiger partial charge < -0.3 is 5.32 Å². The predicted octanol–water partition coefficient (Wildman–Crippen LogP) is 2.11. The zero-order valence-corrected chi connectivity index (χ0v) is 9.74. The second kappa shape index (κ2) is 4.93. The van der Waals surface area contributed by atoms with Gasteiger partial charge in [-0.2, -0.15) is 0 Å². The highest BCUT2D eigenvalue weighted by atomic mass is 35.5. The molecule has 0 fully saturated rings. The summed E-state index contributed by atoms with van der Waals surface area (Å²) in [5.41, 5.74) is 1.74. The number of fused-ring (bicyclic) bond motifs is 1. The fraction of sp³-hybridized carbons (Fsp3) is 0.0833. The number of carbonyl (C=O) groups is 1. The molecule has 1 aromatic heterocycles. The lowest BCUT2D eigenvalue weighted by molar-refractivity contribution is 0.0959. The number of rotatable bonds is 3. The van der Waals surface area contributed by atoms with Crippen molar-refractivity contribution in [3.8, 4) is 0 Å². The van der Waals surface area contributed by atoms with E-state index in [-0.39, 0.29) is 12.5 Å². The van der Waals surface area contributed by atoms with Crippen LogP contribution in [0.1, 0.15) is 10.4 Å². The molecule has 0 aliphatic rings. The van der Waals surface area contributed by atoms with Gasteiger partial charge in [-0.3, -0.25) is 14.8 Å². The lowest BCUT2D eigenvalue weighted by atomic mass is 10.1. The molecule has 5 heteroatoms. The van der Waals surface area contributed by atoms with Gasteiger partial charge in [0.2, 0.25) is 0 Å². The minimum atomic E-state index is -0.238. The van der Waals surface area contributed by atoms with Gasteiger partial charge in [-0.05, 0) is 12.1 Å². The number of carbonyl (C=O) groups excluding carboxylic acids is 1. The van der Waals surface area contributed by atoms with Crippen LogP contribution in [0, 0.1) is 0 Å². The average Bonchev–Trinajstić information content (AvgIpc) is 2.35. The number of halogens is 1. The Bertz CT molecular complexity index is 577. The van der Waals surface area contributed by atoms with Crippen molar-refractivity contribution in [2.24, 2.45) is 0 Å². The second-order valence-corrected chi connectivity index (χ2v) is 3.96. The number of aromatic nitrogens is 2. The summed E-state index contributed by atoms with van der Waals surface area (Å²) in [6, 6.07) is 5.27. The van der Waals surface area contributed by atoms with Crippen molar-refractivity contribution in [1.82, 2.24) is 15.3 Å². The lowest BCUT2D eigenvalue weighted by Gasteiger charge is -2.05. The summed E-state index contributed by atoms with van der Waals surface area (Å²) in [4.78, 5) is 20.2. The number of benzene rings is 1. The van der Waals surface area contributed by atoms with Crippen molar-refractivity contribution in [3.63, 3.8) is 0 Å². The number of amides is 1. The Balaban J connectivity index is 2.35. The molecule has 2 aromatic rings. The molecule has 0 saturated carbocycles. The van der Waals surface area contributed by atoms with E-state index in [0.717, 1.165) is 0 Å². The first-order valence-corrected chi connectivity index (χ1v) is 5.37. The van der Waals surface area contributed by atoms with E-state index in [9.17, 15) is 4.79 Å². The number of hydrogen-bond donors (Lipinski definition) is 1. The van der Waals surface area contributed by atoms with Gasteiger partial charge >= 0.3 is 0 Å². The van der Waals surface area contributed by atoms with E-state index in [2.05, 4.69) is 21.9 Å². The molecule has 0 aliphatic carbocycles. The van der Waals surface area contributed by atoms with Gasteiger partial charge in [0.1, 0.15) is 5.52 Å². The SMILES string of the molecule is C=C(Cl)CNC(=O)c1cccc2nccnc12. The Labute approximate surface area is 103 Å². The summed E-state index contributed by atoms with van der Waals surface area (Å²) in [6.45, 7) is 3.74. The van der Waals surface area contributed by atoms with Crippen LogP contribution >= 0.6 is 11.6 Å². The van der Waals surface area contributed by atoms with Crippen molar-refractivity contribution in [2.75, 3.05) is 6.54 Å². The van der Waals surface area contributed by atoms with Crippen molar-refractivity contribution in [3.05, 3.63) is 47.8 Å². The first-order valence-electron chi connectivity index (χ1n) is 4.99. The van der Waals surface area contributed by atoms with Crippen molar-refractivity contribution < 1.29 is 4.79 Å². The molecule has 1 amide bonds. The van der Waals surface area contributed by atoms with Crippen LogP contribution in [-0.2, 0) is 0 Å². The third-order valence-electron chi connectivity index (χ3n) is 2.18. The zero-order valence-electron chi connectivity index (χ0n) is 8.98. The summed E-state index contributed by atoms with van der Waals surface area (Å²) < 4.78 is 0. The molecule has 2 rings (SSSR count). The average molecular weight is 248 g/mol. The maximum atomic E-state index is 11.9. The smallest absolute Gasteiger partial charge is 0.253 e. The van der Waals surface area contributed by atoms with Gasteiger partial charge in [-0.1, -0.05) is 24.2 Å². The Morgan fingerprint density at radius 3 is 2.88 bits per heavy atom. The number of para-hydroxylation sites is 1. The molecule has 0 unspecified atom stereocenters. The molecule has 1 heterocycles. The molecule has 86 valence electrons. The third kappa shape index (κ3) is 2.60. The van der Waals surface area contributed by atoms with Crippen LogP contribution in [0.5, 0.6) is 0 Å². The third-order valence-corrected chi connectivity index (χ3v) is 2.32. The molecule has 1 aromatic carbocycles. The van der Waals surface area contributed by atoms with E-state index < -0.39 is 0 Å². The number of nitrogens with zero attached hydrogens (tertiary/aromatic N) is 2. The first-order chi connectivity index (χ1) is 8.18. The van der Waals surface area contributed by atoms with Crippen molar-refractivity contribution >= 4 is 28.5 Å². The van der Waals surface area contributed by atoms with Crippen LogP contribution in [-0.4, -0.2) is 22.4 Å². The fourth-order valence-electron chi connectivity index (χ4n) is 1.45. The van der Waals surface area contributed by atoms with Gasteiger partial charge in [0.05, 0.1) is 17.6 Å². The molecule has 0 saturated heterocycles. The van der Waals surface area contributed by atoms with Gasteiger partial charge in [-0.15, -0.1) is 0 Å². The topological polar surface area (TPSA) is 54.9 Å². The molecule has 4 nitrogen and oxygen atoms in total. The molecule has 0 aliphatic heterocycles. The Morgan fingerprint density at radius 2 is 2.12 bits per heavy atom. The highest BCUT2D eigenvalue weighted by molar-refractivity contribution is 6.29. The number of hydrogen-bond acceptors (Lipinski definition) is 3. The molecular weight excluding hydrogens is 238 g/mol. The van der Waals surface area contributed by atoms with Crippen LogP contribution in [0.15, 0.2) is 42.2 Å². The van der Waals surface area contributed by atoms with E-state index in [1.165, 1.54) is 0 Å². The van der Waals surface area contributed by atoms with Crippen LogP contribution < -0.4 is 5.32 Å². The Kier molecular flexibility index (Phi) is 3.35. The summed E-state index contributed by atoms with van der Waals surface area (Å²) in [6.07, 6.45) is 3.14. The van der Waals surface area contributed by atoms with Crippen LogP contribution in [0.25, 0.3) is 11.0 Å². The molecule has 0 spiro atoms. The highest BCUT2D eigenvalue weighted by Crippen LogP contribution is 2.13. The van der Waals surface area contributed by atoms with E-state index in [0.29, 0.717) is 21.6 Å². The zero-order chi connectivity index (χ0) is 12.3. The molecule has 0 bridgehead atoms. The van der Waals surface area contributed by atoms with E-state index in [4.69, 9.17) is 11.6 Å². The summed E-state index contributed by atoms with van der Waals surface area (Å²) in [5, 5.41) is 3.03. The Morgan fingerprint density at radius 1 is 1.35 bits per heavy atom. The quantitative estimate of drug-likeness (QED) is 0.904. The maximum absolute atomic E-state index is 11.9. The molecule has 0 atom stereocenters. The number of nitrogens with one attached hydrogen (secondary N) is 1. The van der Waals surface area contributed by atoms with E-state index >= 15 is 0 Å². The standard InChI is InChI=1S/C12H10ClN3O/c1-8(13)7-16-12(17)9-3-2-4-10-11(9)15-6-5-14-10/h2-6H,1,7H2,(H,16,17). The first kappa shape index (κ1) is 11.5. The van der Waals surface area contributed by atoms with E-state index in [1.54, 1.807) is 30.6 Å².